The fraction of sp³-hybridized carbons (Fsp3) is 0.581. The Morgan fingerprint density at radius 2 is 1.69 bits per heavy atom. The number of halogens is 3. The summed E-state index contributed by atoms with van der Waals surface area (Å²) in [6.07, 6.45) is 1.81. The van der Waals surface area contributed by atoms with E-state index < -0.39 is 37.3 Å². The first-order valence-electron chi connectivity index (χ1n) is 15.0. The van der Waals surface area contributed by atoms with Gasteiger partial charge in [0.25, 0.3) is 0 Å². The first kappa shape index (κ1) is 32.2. The van der Waals surface area contributed by atoms with Gasteiger partial charge in [0.15, 0.2) is 14.0 Å². The lowest BCUT2D eigenvalue weighted by molar-refractivity contribution is -0.161. The van der Waals surface area contributed by atoms with Crippen LogP contribution in [0, 0.1) is 12.7 Å². The molecule has 1 atom stereocenters. The molecule has 0 saturated carbocycles. The first-order chi connectivity index (χ1) is 19.8. The second-order valence-corrected chi connectivity index (χ2v) is 16.7. The maximum absolute atomic E-state index is 16.1. The number of anilines is 2. The van der Waals surface area contributed by atoms with E-state index in [-0.39, 0.29) is 5.56 Å². The van der Waals surface area contributed by atoms with Crippen LogP contribution >= 0.6 is 0 Å². The summed E-state index contributed by atoms with van der Waals surface area (Å²) >= 11 is 0. The van der Waals surface area contributed by atoms with Crippen LogP contribution in [-0.2, 0) is 10.3 Å². The van der Waals surface area contributed by atoms with Crippen molar-refractivity contribution in [3.8, 4) is 0 Å². The molecular formula is C31H45F3N6OSi. The van der Waals surface area contributed by atoms with Crippen LogP contribution in [0.1, 0.15) is 64.5 Å². The topological polar surface area (TPSA) is 66.4 Å². The van der Waals surface area contributed by atoms with Crippen molar-refractivity contribution in [2.45, 2.75) is 84.2 Å². The van der Waals surface area contributed by atoms with Gasteiger partial charge in [-0.05, 0) is 65.0 Å². The highest BCUT2D eigenvalue weighted by molar-refractivity contribution is 6.73. The van der Waals surface area contributed by atoms with Gasteiger partial charge in [0.2, 0.25) is 0 Å². The predicted molar refractivity (Wildman–Crippen MR) is 166 cm³/mol. The molecular weight excluding hydrogens is 557 g/mol. The zero-order valence-corrected chi connectivity index (χ0v) is 27.2. The van der Waals surface area contributed by atoms with E-state index in [1.165, 1.54) is 32.0 Å². The Bertz CT molecular complexity index is 1380. The SMILES string of the molecule is CC[Si](CC)(CC)OC(C)(C)C(F)(F)c1cccc([C@@H](C)Nc2nc(C)nc3ncc(N4CCN(C)CC4)cc23)c1F. The number of rotatable bonds is 11. The molecule has 1 aliphatic heterocycles. The van der Waals surface area contributed by atoms with Gasteiger partial charge in [0.1, 0.15) is 23.1 Å². The van der Waals surface area contributed by atoms with Gasteiger partial charge in [-0.1, -0.05) is 32.9 Å². The molecule has 0 radical (unpaired) electrons. The van der Waals surface area contributed by atoms with Gasteiger partial charge < -0.3 is 19.5 Å². The lowest BCUT2D eigenvalue weighted by Crippen LogP contribution is -2.52. The molecule has 11 heteroatoms. The maximum Gasteiger partial charge on any atom is 0.302 e. The molecule has 0 spiro atoms. The fourth-order valence-corrected chi connectivity index (χ4v) is 8.91. The summed E-state index contributed by atoms with van der Waals surface area (Å²) in [5.41, 5.74) is -0.930. The van der Waals surface area contributed by atoms with Crippen molar-refractivity contribution in [2.75, 3.05) is 43.4 Å². The third kappa shape index (κ3) is 6.28. The molecule has 230 valence electrons. The van der Waals surface area contributed by atoms with E-state index in [1.807, 2.05) is 33.0 Å². The van der Waals surface area contributed by atoms with Crippen LogP contribution in [0.5, 0.6) is 0 Å². The number of nitrogens with zero attached hydrogens (tertiary/aromatic N) is 5. The van der Waals surface area contributed by atoms with Gasteiger partial charge in [-0.2, -0.15) is 8.78 Å². The molecule has 1 fully saturated rings. The van der Waals surface area contributed by atoms with Crippen LogP contribution < -0.4 is 10.2 Å². The highest BCUT2D eigenvalue weighted by Crippen LogP contribution is 2.46. The number of pyridine rings is 1. The van der Waals surface area contributed by atoms with Crippen molar-refractivity contribution >= 4 is 30.9 Å². The highest BCUT2D eigenvalue weighted by atomic mass is 28.4. The Labute approximate surface area is 249 Å². The molecule has 0 amide bonds. The Balaban J connectivity index is 1.66. The Kier molecular flexibility index (Phi) is 9.54. The smallest absolute Gasteiger partial charge is 0.302 e. The minimum atomic E-state index is -3.55. The first-order valence-corrected chi connectivity index (χ1v) is 17.5. The number of benzene rings is 1. The summed E-state index contributed by atoms with van der Waals surface area (Å²) in [7, 11) is -0.291. The van der Waals surface area contributed by atoms with Gasteiger partial charge in [-0.3, -0.25) is 0 Å². The molecule has 0 bridgehead atoms. The van der Waals surface area contributed by atoms with E-state index in [1.54, 1.807) is 13.8 Å². The van der Waals surface area contributed by atoms with Crippen molar-refractivity contribution in [1.82, 2.24) is 19.9 Å². The van der Waals surface area contributed by atoms with Crippen LogP contribution in [0.15, 0.2) is 30.5 Å². The quantitative estimate of drug-likeness (QED) is 0.231. The zero-order valence-electron chi connectivity index (χ0n) is 26.2. The van der Waals surface area contributed by atoms with E-state index >= 15 is 13.2 Å². The number of fused-ring (bicyclic) bond motifs is 1. The van der Waals surface area contributed by atoms with Gasteiger partial charge in [-0.25, -0.2) is 19.3 Å². The molecule has 1 aliphatic rings. The van der Waals surface area contributed by atoms with Gasteiger partial charge in [-0.15, -0.1) is 0 Å². The van der Waals surface area contributed by atoms with Crippen molar-refractivity contribution in [3.05, 3.63) is 53.2 Å². The fourth-order valence-electron chi connectivity index (χ4n) is 5.76. The monoisotopic (exact) mass is 602 g/mol. The predicted octanol–water partition coefficient (Wildman–Crippen LogP) is 7.29. The van der Waals surface area contributed by atoms with Crippen LogP contribution in [0.4, 0.5) is 24.7 Å². The molecule has 42 heavy (non-hydrogen) atoms. The summed E-state index contributed by atoms with van der Waals surface area (Å²) < 4.78 is 54.5. The molecule has 4 rings (SSSR count). The molecule has 0 unspecified atom stereocenters. The van der Waals surface area contributed by atoms with Gasteiger partial charge in [0.05, 0.1) is 28.9 Å². The third-order valence-corrected chi connectivity index (χ3v) is 13.7. The van der Waals surface area contributed by atoms with Crippen LogP contribution in [-0.4, -0.2) is 67.0 Å². The molecule has 3 heterocycles. The third-order valence-electron chi connectivity index (χ3n) is 8.86. The number of piperazine rings is 1. The number of hydrogen-bond donors (Lipinski definition) is 1. The number of nitrogens with one attached hydrogen (secondary N) is 1. The van der Waals surface area contributed by atoms with Crippen LogP contribution in [0.3, 0.4) is 0 Å². The van der Waals surface area contributed by atoms with Crippen molar-refractivity contribution < 1.29 is 17.6 Å². The lowest BCUT2D eigenvalue weighted by Gasteiger charge is -2.42. The van der Waals surface area contributed by atoms with E-state index in [0.717, 1.165) is 50.0 Å². The van der Waals surface area contributed by atoms with E-state index in [4.69, 9.17) is 4.43 Å². The normalized spacial score (nSPS) is 16.2. The Morgan fingerprint density at radius 3 is 2.31 bits per heavy atom. The zero-order chi connectivity index (χ0) is 30.9. The minimum Gasteiger partial charge on any atom is -0.405 e. The Hall–Kier alpha value is -2.76. The van der Waals surface area contributed by atoms with Crippen LogP contribution in [0.25, 0.3) is 11.0 Å². The van der Waals surface area contributed by atoms with Gasteiger partial charge in [0, 0.05) is 31.7 Å². The Morgan fingerprint density at radius 1 is 1.05 bits per heavy atom. The van der Waals surface area contributed by atoms with E-state index in [9.17, 15) is 0 Å². The number of aryl methyl sites for hydroxylation is 1. The number of hydrogen-bond acceptors (Lipinski definition) is 7. The summed E-state index contributed by atoms with van der Waals surface area (Å²) in [5.74, 6) is -3.50. The summed E-state index contributed by atoms with van der Waals surface area (Å²) in [6.45, 7) is 15.9. The van der Waals surface area contributed by atoms with Crippen molar-refractivity contribution in [3.63, 3.8) is 0 Å². The molecule has 7 nitrogen and oxygen atoms in total. The minimum absolute atomic E-state index is 0.126. The highest BCUT2D eigenvalue weighted by Gasteiger charge is 2.54. The maximum atomic E-state index is 16.1. The van der Waals surface area contributed by atoms with Crippen molar-refractivity contribution in [1.29, 1.82) is 0 Å². The molecule has 1 aromatic carbocycles. The van der Waals surface area contributed by atoms with Crippen LogP contribution in [0.2, 0.25) is 18.1 Å². The number of alkyl halides is 2. The van der Waals surface area contributed by atoms with Crippen molar-refractivity contribution in [2.24, 2.45) is 0 Å². The average Bonchev–Trinajstić information content (AvgIpc) is 2.96. The molecule has 2 aromatic heterocycles. The number of likely N-dealkylation sites (N-methyl/N-ethyl adjacent to an activating group) is 1. The largest absolute Gasteiger partial charge is 0.405 e. The van der Waals surface area contributed by atoms with E-state index in [0.29, 0.717) is 22.7 Å². The summed E-state index contributed by atoms with van der Waals surface area (Å²) in [5, 5.41) is 3.97. The second kappa shape index (κ2) is 12.5. The molecule has 3 aromatic rings. The van der Waals surface area contributed by atoms with Gasteiger partial charge >= 0.3 is 5.92 Å². The van der Waals surface area contributed by atoms with E-state index in [2.05, 4.69) is 37.1 Å². The second-order valence-electron chi connectivity index (χ2n) is 12.0. The summed E-state index contributed by atoms with van der Waals surface area (Å²) in [4.78, 5) is 18.2. The molecule has 0 aliphatic carbocycles. The summed E-state index contributed by atoms with van der Waals surface area (Å²) in [6, 6.07) is 7.69. The lowest BCUT2D eigenvalue weighted by atomic mass is 9.91. The average molecular weight is 603 g/mol. The molecule has 1 N–H and O–H groups in total. The number of aromatic nitrogens is 3. The standard InChI is InChI=1S/C31H45F3N6OSi/c1-9-42(10-2,11-3)41-30(6,7)31(33,34)26-14-12-13-24(27(26)32)21(4)36-29-25-19-23(40-17-15-39(8)16-18-40)20-35-28(25)37-22(5)38-29/h12-14,19-21H,9-11,15-18H2,1-8H3,(H,35,36,37,38)/t21-/m1/s1. The molecule has 1 saturated heterocycles.